The summed E-state index contributed by atoms with van der Waals surface area (Å²) in [6.45, 7) is 1.63. The van der Waals surface area contributed by atoms with E-state index in [-0.39, 0.29) is 35.7 Å². The molecular formula is C29H31N3O6. The number of aliphatic hydroxyl groups is 1. The third-order valence-electron chi connectivity index (χ3n) is 9.57. The molecule has 9 heteroatoms. The van der Waals surface area contributed by atoms with E-state index < -0.39 is 28.9 Å². The molecule has 38 heavy (non-hydrogen) atoms. The highest BCUT2D eigenvalue weighted by atomic mass is 16.5. The van der Waals surface area contributed by atoms with Crippen LogP contribution in [-0.4, -0.2) is 70.6 Å². The summed E-state index contributed by atoms with van der Waals surface area (Å²) < 4.78 is 6.20. The molecule has 198 valence electrons. The van der Waals surface area contributed by atoms with Gasteiger partial charge in [0.1, 0.15) is 5.92 Å². The molecule has 7 rings (SSSR count). The van der Waals surface area contributed by atoms with Crippen LogP contribution in [0.5, 0.6) is 11.5 Å². The van der Waals surface area contributed by atoms with Crippen molar-refractivity contribution in [1.82, 2.24) is 10.2 Å². The summed E-state index contributed by atoms with van der Waals surface area (Å²) in [7, 11) is 1.53. The predicted octanol–water partition coefficient (Wildman–Crippen LogP) is 1.75. The summed E-state index contributed by atoms with van der Waals surface area (Å²) in [5, 5.41) is 28.7. The summed E-state index contributed by atoms with van der Waals surface area (Å²) >= 11 is 0. The van der Waals surface area contributed by atoms with Gasteiger partial charge in [0, 0.05) is 36.4 Å². The Hall–Kier alpha value is -3.43. The van der Waals surface area contributed by atoms with Crippen LogP contribution < -0.4 is 15.4 Å². The van der Waals surface area contributed by atoms with Gasteiger partial charge < -0.3 is 25.6 Å². The summed E-state index contributed by atoms with van der Waals surface area (Å²) in [4.78, 5) is 42.0. The number of anilines is 1. The number of aromatic hydroxyl groups is 1. The molecule has 2 aliphatic heterocycles. The number of ether oxygens (including phenoxy) is 1. The van der Waals surface area contributed by atoms with Crippen molar-refractivity contribution < 1.29 is 29.3 Å². The quantitative estimate of drug-likeness (QED) is 0.445. The third-order valence-corrected chi connectivity index (χ3v) is 9.57. The van der Waals surface area contributed by atoms with Crippen molar-refractivity contribution in [1.29, 1.82) is 0 Å². The average molecular weight is 518 g/mol. The highest BCUT2D eigenvalue weighted by molar-refractivity contribution is 6.11. The lowest BCUT2D eigenvalue weighted by Gasteiger charge is -2.63. The third kappa shape index (κ3) is 3.09. The molecule has 3 fully saturated rings. The van der Waals surface area contributed by atoms with Crippen LogP contribution in [0.15, 0.2) is 36.4 Å². The zero-order valence-corrected chi connectivity index (χ0v) is 21.2. The smallest absolute Gasteiger partial charge is 0.251 e. The number of carbonyl (C=O) groups excluding carboxylic acids is 3. The minimum Gasteiger partial charge on any atom is -0.504 e. The number of amides is 2. The monoisotopic (exact) mass is 517 g/mol. The van der Waals surface area contributed by atoms with Crippen molar-refractivity contribution in [2.45, 2.75) is 55.3 Å². The zero-order chi connectivity index (χ0) is 26.4. The molecule has 1 spiro atoms. The fourth-order valence-electron chi connectivity index (χ4n) is 7.64. The molecule has 0 radical (unpaired) electrons. The van der Waals surface area contributed by atoms with E-state index in [0.717, 1.165) is 24.2 Å². The standard InChI is InChI=1S/C29H31N3O6/c1-30-26(35)17-3-2-4-18(11-17)31-27(36)19-13-29(37)21-12-16-7-8-20(33)24-22(16)28(29,25(38-24)23(19)34)9-10-32(21)14-15-5-6-15/h2-4,7-8,11,15,19,21,25,33,37H,5-6,9-10,12-14H2,1H3,(H,30,35)(H,31,36)/t19?,21-,25+,28+,29-/m1/s1. The van der Waals surface area contributed by atoms with E-state index >= 15 is 0 Å². The fraction of sp³-hybridized carbons (Fsp3) is 0.483. The van der Waals surface area contributed by atoms with E-state index in [1.54, 1.807) is 30.3 Å². The lowest BCUT2D eigenvalue weighted by atomic mass is 9.47. The van der Waals surface area contributed by atoms with E-state index in [2.05, 4.69) is 15.5 Å². The second-order valence-corrected chi connectivity index (χ2v) is 11.6. The van der Waals surface area contributed by atoms with Gasteiger partial charge in [-0.05, 0) is 74.4 Å². The van der Waals surface area contributed by atoms with Crippen LogP contribution in [0, 0.1) is 11.8 Å². The topological polar surface area (TPSA) is 128 Å². The maximum Gasteiger partial charge on any atom is 0.251 e. The second kappa shape index (κ2) is 8.04. The van der Waals surface area contributed by atoms with Crippen LogP contribution in [0.4, 0.5) is 5.69 Å². The first-order chi connectivity index (χ1) is 18.3. The van der Waals surface area contributed by atoms with Gasteiger partial charge in [0.15, 0.2) is 23.4 Å². The van der Waals surface area contributed by atoms with Crippen LogP contribution in [0.1, 0.15) is 47.2 Å². The van der Waals surface area contributed by atoms with Gasteiger partial charge in [-0.1, -0.05) is 12.1 Å². The Morgan fingerprint density at radius 2 is 2.03 bits per heavy atom. The van der Waals surface area contributed by atoms with Crippen molar-refractivity contribution in [3.63, 3.8) is 0 Å². The number of piperidine rings is 1. The number of nitrogens with zero attached hydrogens (tertiary/aromatic N) is 1. The molecule has 2 amide bonds. The van der Waals surface area contributed by atoms with Crippen molar-refractivity contribution in [3.05, 3.63) is 53.1 Å². The van der Waals surface area contributed by atoms with Gasteiger partial charge in [0.25, 0.3) is 5.91 Å². The van der Waals surface area contributed by atoms with Crippen LogP contribution in [-0.2, 0) is 21.4 Å². The molecule has 5 aliphatic rings. The maximum atomic E-state index is 14.0. The maximum absolute atomic E-state index is 14.0. The highest BCUT2D eigenvalue weighted by Crippen LogP contribution is 2.65. The molecule has 4 N–H and O–H groups in total. The largest absolute Gasteiger partial charge is 0.504 e. The first-order valence-electron chi connectivity index (χ1n) is 13.4. The Morgan fingerprint density at radius 3 is 2.79 bits per heavy atom. The van der Waals surface area contributed by atoms with E-state index in [0.29, 0.717) is 30.0 Å². The highest BCUT2D eigenvalue weighted by Gasteiger charge is 2.75. The fourth-order valence-corrected chi connectivity index (χ4v) is 7.64. The van der Waals surface area contributed by atoms with Crippen LogP contribution >= 0.6 is 0 Å². The number of rotatable bonds is 5. The van der Waals surface area contributed by atoms with Crippen molar-refractivity contribution in [3.8, 4) is 11.5 Å². The summed E-state index contributed by atoms with van der Waals surface area (Å²) in [6.07, 6.45) is 2.39. The van der Waals surface area contributed by atoms with E-state index in [1.807, 2.05) is 6.07 Å². The number of carbonyl (C=O) groups is 3. The Labute approximate surface area is 220 Å². The molecule has 3 aliphatic carbocycles. The SMILES string of the molecule is CNC(=O)c1cccc(NC(=O)C2C[C@@]3(O)[C@H]4Cc5ccc(O)c6c5[C@@]3(CCN4CC3CC3)[C@@H](O6)C2=O)c1. The van der Waals surface area contributed by atoms with Crippen LogP contribution in [0.3, 0.4) is 0 Å². The number of phenolic OH excluding ortho intramolecular Hbond substituents is 1. The van der Waals surface area contributed by atoms with Crippen molar-refractivity contribution in [2.75, 3.05) is 25.5 Å². The van der Waals surface area contributed by atoms with E-state index in [4.69, 9.17) is 4.74 Å². The van der Waals surface area contributed by atoms with Crippen molar-refractivity contribution >= 4 is 23.3 Å². The molecule has 2 heterocycles. The first-order valence-corrected chi connectivity index (χ1v) is 13.4. The number of benzene rings is 2. The Bertz CT molecular complexity index is 1390. The molecule has 0 aromatic heterocycles. The Balaban J connectivity index is 1.27. The summed E-state index contributed by atoms with van der Waals surface area (Å²) in [5.41, 5.74) is 0.150. The summed E-state index contributed by atoms with van der Waals surface area (Å²) in [6, 6.07) is 9.74. The molecular weight excluding hydrogens is 486 g/mol. The second-order valence-electron chi connectivity index (χ2n) is 11.6. The van der Waals surface area contributed by atoms with Gasteiger partial charge in [0.2, 0.25) is 5.91 Å². The number of hydrogen-bond acceptors (Lipinski definition) is 7. The molecule has 1 saturated heterocycles. The Morgan fingerprint density at radius 1 is 1.21 bits per heavy atom. The first kappa shape index (κ1) is 23.7. The van der Waals surface area contributed by atoms with Gasteiger partial charge in [-0.2, -0.15) is 0 Å². The number of phenols is 1. The van der Waals surface area contributed by atoms with Gasteiger partial charge in [-0.25, -0.2) is 0 Å². The molecule has 9 nitrogen and oxygen atoms in total. The minimum atomic E-state index is -1.38. The van der Waals surface area contributed by atoms with E-state index in [9.17, 15) is 24.6 Å². The zero-order valence-electron chi connectivity index (χ0n) is 21.2. The minimum absolute atomic E-state index is 0.0208. The van der Waals surface area contributed by atoms with Gasteiger partial charge in [0.05, 0.1) is 11.0 Å². The predicted molar refractivity (Wildman–Crippen MR) is 137 cm³/mol. The molecule has 5 atom stereocenters. The van der Waals surface area contributed by atoms with Crippen molar-refractivity contribution in [2.24, 2.45) is 11.8 Å². The molecule has 2 bridgehead atoms. The number of likely N-dealkylation sites (tertiary alicyclic amines) is 1. The Kier molecular flexibility index (Phi) is 5.01. The molecule has 2 aromatic rings. The number of nitrogens with one attached hydrogen (secondary N) is 2. The van der Waals surface area contributed by atoms with Gasteiger partial charge >= 0.3 is 0 Å². The normalized spacial score (nSPS) is 32.8. The van der Waals surface area contributed by atoms with E-state index in [1.165, 1.54) is 19.9 Å². The molecule has 2 saturated carbocycles. The number of hydrogen-bond donors (Lipinski definition) is 4. The molecule has 1 unspecified atom stereocenters. The lowest BCUT2D eigenvalue weighted by Crippen LogP contribution is -2.78. The van der Waals surface area contributed by atoms with Gasteiger partial charge in [-0.3, -0.25) is 19.3 Å². The molecule has 2 aromatic carbocycles. The van der Waals surface area contributed by atoms with Crippen LogP contribution in [0.25, 0.3) is 0 Å². The van der Waals surface area contributed by atoms with Crippen LogP contribution in [0.2, 0.25) is 0 Å². The summed E-state index contributed by atoms with van der Waals surface area (Å²) in [5.74, 6) is -1.49. The number of ketones is 1. The van der Waals surface area contributed by atoms with Gasteiger partial charge in [-0.15, -0.1) is 0 Å². The average Bonchev–Trinajstić information content (AvgIpc) is 3.65. The number of Topliss-reactive ketones (excluding diaryl/α,β-unsaturated/α-hetero) is 1. The lowest BCUT2D eigenvalue weighted by molar-refractivity contribution is -0.197.